The molecule has 1 aromatic rings. The largest absolute Gasteiger partial charge is 0.224 e. The van der Waals surface area contributed by atoms with Gasteiger partial charge in [0.1, 0.15) is 0 Å². The molecule has 0 N–H and O–H groups in total. The van der Waals surface area contributed by atoms with E-state index < -0.39 is 9.84 Å². The Morgan fingerprint density at radius 1 is 0.833 bits per heavy atom. The van der Waals surface area contributed by atoms with Gasteiger partial charge in [-0.1, -0.05) is 63.6 Å². The number of sulfone groups is 1. The van der Waals surface area contributed by atoms with E-state index in [1.807, 2.05) is 6.07 Å². The molecule has 1 aromatic carbocycles. The van der Waals surface area contributed by atoms with E-state index in [2.05, 4.69) is 6.92 Å². The van der Waals surface area contributed by atoms with Crippen molar-refractivity contribution in [2.45, 2.75) is 56.8 Å². The first-order valence-corrected chi connectivity index (χ1v) is 8.60. The zero-order valence-corrected chi connectivity index (χ0v) is 12.1. The molecule has 0 unspecified atom stereocenters. The quantitative estimate of drug-likeness (QED) is 0.629. The molecule has 0 radical (unpaired) electrons. The fourth-order valence-corrected chi connectivity index (χ4v) is 3.39. The first-order valence-electron chi connectivity index (χ1n) is 6.94. The monoisotopic (exact) mass is 268 g/mol. The molecule has 102 valence electrons. The third-order valence-electron chi connectivity index (χ3n) is 3.12. The van der Waals surface area contributed by atoms with E-state index in [0.717, 1.165) is 19.3 Å². The van der Waals surface area contributed by atoms with Crippen LogP contribution in [0.25, 0.3) is 0 Å². The van der Waals surface area contributed by atoms with Crippen LogP contribution in [0.2, 0.25) is 0 Å². The summed E-state index contributed by atoms with van der Waals surface area (Å²) in [5.74, 6) is 0.283. The lowest BCUT2D eigenvalue weighted by atomic mass is 10.1. The Balaban J connectivity index is 2.23. The summed E-state index contributed by atoms with van der Waals surface area (Å²) in [6.07, 6.45) is 8.02. The van der Waals surface area contributed by atoms with Crippen LogP contribution in [0.3, 0.4) is 0 Å². The van der Waals surface area contributed by atoms with Gasteiger partial charge in [-0.25, -0.2) is 8.42 Å². The molecule has 0 saturated carbocycles. The van der Waals surface area contributed by atoms with Crippen LogP contribution >= 0.6 is 0 Å². The second-order valence-corrected chi connectivity index (χ2v) is 6.86. The molecule has 1 rings (SSSR count). The molecule has 0 aromatic heterocycles. The summed E-state index contributed by atoms with van der Waals surface area (Å²) in [4.78, 5) is 0.455. The van der Waals surface area contributed by atoms with Gasteiger partial charge in [0.2, 0.25) is 0 Å². The molecule has 0 aliphatic heterocycles. The lowest BCUT2D eigenvalue weighted by Crippen LogP contribution is -2.06. The average Bonchev–Trinajstić information content (AvgIpc) is 2.39. The second-order valence-electron chi connectivity index (χ2n) is 4.75. The second kappa shape index (κ2) is 8.30. The molecule has 0 amide bonds. The van der Waals surface area contributed by atoms with Crippen molar-refractivity contribution >= 4 is 9.84 Å². The number of hydrogen-bond donors (Lipinski definition) is 0. The van der Waals surface area contributed by atoms with Gasteiger partial charge in [0, 0.05) is 0 Å². The zero-order valence-electron chi connectivity index (χ0n) is 11.3. The van der Waals surface area contributed by atoms with E-state index in [0.29, 0.717) is 4.90 Å². The molecule has 0 aliphatic rings. The minimum absolute atomic E-state index is 0.283. The van der Waals surface area contributed by atoms with Gasteiger partial charge in [0.25, 0.3) is 0 Å². The van der Waals surface area contributed by atoms with E-state index in [9.17, 15) is 8.42 Å². The van der Waals surface area contributed by atoms with Gasteiger partial charge >= 0.3 is 0 Å². The molecule has 0 heterocycles. The fourth-order valence-electron chi connectivity index (χ4n) is 1.99. The Bertz CT molecular complexity index is 409. The minimum atomic E-state index is -3.06. The minimum Gasteiger partial charge on any atom is -0.224 e. The maximum absolute atomic E-state index is 12.0. The van der Waals surface area contributed by atoms with E-state index in [-0.39, 0.29) is 5.75 Å². The lowest BCUT2D eigenvalue weighted by Gasteiger charge is -2.04. The highest BCUT2D eigenvalue weighted by Crippen LogP contribution is 2.13. The summed E-state index contributed by atoms with van der Waals surface area (Å²) in [7, 11) is -3.06. The number of benzene rings is 1. The fraction of sp³-hybridized carbons (Fsp3) is 0.600. The predicted octanol–water partition coefficient (Wildman–Crippen LogP) is 4.21. The van der Waals surface area contributed by atoms with E-state index in [4.69, 9.17) is 0 Å². The number of rotatable bonds is 9. The summed E-state index contributed by atoms with van der Waals surface area (Å²) < 4.78 is 23.9. The van der Waals surface area contributed by atoms with Crippen molar-refractivity contribution in [1.82, 2.24) is 0 Å². The third kappa shape index (κ3) is 5.67. The van der Waals surface area contributed by atoms with Gasteiger partial charge in [-0.2, -0.15) is 0 Å². The van der Waals surface area contributed by atoms with Crippen LogP contribution in [0, 0.1) is 0 Å². The van der Waals surface area contributed by atoms with Crippen molar-refractivity contribution in [3.63, 3.8) is 0 Å². The maximum atomic E-state index is 12.0. The Morgan fingerprint density at radius 3 is 2.00 bits per heavy atom. The Hall–Kier alpha value is -0.830. The van der Waals surface area contributed by atoms with Gasteiger partial charge in [-0.3, -0.25) is 0 Å². The Labute approximate surface area is 111 Å². The Kier molecular flexibility index (Phi) is 7.02. The molecule has 0 aliphatic carbocycles. The number of hydrogen-bond acceptors (Lipinski definition) is 2. The SMILES string of the molecule is CCCCCCCCCS(=O)(=O)c1ccccc1. The van der Waals surface area contributed by atoms with Crippen LogP contribution in [0.1, 0.15) is 51.9 Å². The van der Waals surface area contributed by atoms with E-state index in [1.54, 1.807) is 24.3 Å². The molecular formula is C15H24O2S. The lowest BCUT2D eigenvalue weighted by molar-refractivity contribution is 0.579. The molecule has 0 spiro atoms. The summed E-state index contributed by atoms with van der Waals surface area (Å²) >= 11 is 0. The summed E-state index contributed by atoms with van der Waals surface area (Å²) in [6, 6.07) is 8.75. The van der Waals surface area contributed by atoms with Crippen molar-refractivity contribution in [2.24, 2.45) is 0 Å². The van der Waals surface area contributed by atoms with Crippen LogP contribution in [-0.4, -0.2) is 14.2 Å². The summed E-state index contributed by atoms with van der Waals surface area (Å²) in [5.41, 5.74) is 0. The topological polar surface area (TPSA) is 34.1 Å². The first kappa shape index (κ1) is 15.2. The molecular weight excluding hydrogens is 244 g/mol. The van der Waals surface area contributed by atoms with Crippen molar-refractivity contribution in [1.29, 1.82) is 0 Å². The van der Waals surface area contributed by atoms with Crippen molar-refractivity contribution in [3.05, 3.63) is 30.3 Å². The van der Waals surface area contributed by atoms with Crippen molar-refractivity contribution in [3.8, 4) is 0 Å². The normalized spacial score (nSPS) is 11.6. The summed E-state index contributed by atoms with van der Waals surface area (Å²) in [6.45, 7) is 2.20. The molecule has 0 saturated heterocycles. The number of unbranched alkanes of at least 4 members (excludes halogenated alkanes) is 6. The zero-order chi connectivity index (χ0) is 13.3. The van der Waals surface area contributed by atoms with Gasteiger partial charge in [0.15, 0.2) is 9.84 Å². The Morgan fingerprint density at radius 2 is 1.39 bits per heavy atom. The maximum Gasteiger partial charge on any atom is 0.178 e. The van der Waals surface area contributed by atoms with Crippen LogP contribution in [-0.2, 0) is 9.84 Å². The molecule has 0 fully saturated rings. The van der Waals surface area contributed by atoms with E-state index >= 15 is 0 Å². The molecule has 3 heteroatoms. The van der Waals surface area contributed by atoms with Crippen LogP contribution < -0.4 is 0 Å². The highest BCUT2D eigenvalue weighted by molar-refractivity contribution is 7.91. The first-order chi connectivity index (χ1) is 8.67. The predicted molar refractivity (Wildman–Crippen MR) is 76.5 cm³/mol. The highest BCUT2D eigenvalue weighted by Gasteiger charge is 2.12. The van der Waals surface area contributed by atoms with E-state index in [1.165, 1.54) is 25.7 Å². The third-order valence-corrected chi connectivity index (χ3v) is 4.94. The van der Waals surface area contributed by atoms with Crippen molar-refractivity contribution < 1.29 is 8.42 Å². The smallest absolute Gasteiger partial charge is 0.178 e. The molecule has 18 heavy (non-hydrogen) atoms. The highest BCUT2D eigenvalue weighted by atomic mass is 32.2. The van der Waals surface area contributed by atoms with Gasteiger partial charge < -0.3 is 0 Å². The van der Waals surface area contributed by atoms with Gasteiger partial charge in [0.05, 0.1) is 10.6 Å². The van der Waals surface area contributed by atoms with Gasteiger partial charge in [-0.05, 0) is 18.6 Å². The van der Waals surface area contributed by atoms with Crippen LogP contribution in [0.5, 0.6) is 0 Å². The summed E-state index contributed by atoms with van der Waals surface area (Å²) in [5, 5.41) is 0. The standard InChI is InChI=1S/C15H24O2S/c1-2-3-4-5-6-7-11-14-18(16,17)15-12-9-8-10-13-15/h8-10,12-13H,2-7,11,14H2,1H3. The van der Waals surface area contributed by atoms with Crippen molar-refractivity contribution in [2.75, 3.05) is 5.75 Å². The molecule has 0 bridgehead atoms. The van der Waals surface area contributed by atoms with Gasteiger partial charge in [-0.15, -0.1) is 0 Å². The van der Waals surface area contributed by atoms with Crippen LogP contribution in [0.4, 0.5) is 0 Å². The van der Waals surface area contributed by atoms with Crippen LogP contribution in [0.15, 0.2) is 35.2 Å². The molecule has 2 nitrogen and oxygen atoms in total. The molecule has 0 atom stereocenters. The average molecular weight is 268 g/mol.